The van der Waals surface area contributed by atoms with Gasteiger partial charge in [-0.05, 0) is 60.7 Å². The molecule has 4 aromatic rings. The summed E-state index contributed by atoms with van der Waals surface area (Å²) in [5.41, 5.74) is 3.19. The zero-order chi connectivity index (χ0) is 29.5. The number of carbonyl (C=O) groups excluding carboxylic acids is 3. The first-order valence-electron chi connectivity index (χ1n) is 11.6. The topological polar surface area (TPSA) is 140 Å². The van der Waals surface area contributed by atoms with E-state index in [1.165, 1.54) is 60.8 Å². The van der Waals surface area contributed by atoms with Crippen LogP contribution in [-0.2, 0) is 0 Å². The normalized spacial score (nSPS) is 10.7. The summed E-state index contributed by atoms with van der Waals surface area (Å²) in [5.74, 6) is -1.78. The number of amides is 2. The number of ether oxygens (including phenoxy) is 1. The maximum Gasteiger partial charge on any atom is 0.343 e. The maximum atomic E-state index is 12.9. The number of hydrogen-bond donors (Lipinski definition) is 2. The number of hydrogen-bond acceptors (Lipinski definition) is 7. The molecule has 0 spiro atoms. The molecule has 2 amide bonds. The number of nitrogens with one attached hydrogen (secondary N) is 2. The van der Waals surface area contributed by atoms with Crippen molar-refractivity contribution in [2.24, 2.45) is 5.10 Å². The molecule has 0 aliphatic rings. The lowest BCUT2D eigenvalue weighted by atomic mass is 10.1. The van der Waals surface area contributed by atoms with Crippen LogP contribution in [0.15, 0.2) is 94.5 Å². The van der Waals surface area contributed by atoms with Crippen LogP contribution in [0.4, 0.5) is 11.4 Å². The van der Waals surface area contributed by atoms with Crippen molar-refractivity contribution >= 4 is 74.5 Å². The summed E-state index contributed by atoms with van der Waals surface area (Å²) < 4.78 is 6.10. The number of nitro benzene ring substituents is 1. The number of esters is 1. The van der Waals surface area contributed by atoms with Gasteiger partial charge >= 0.3 is 5.97 Å². The van der Waals surface area contributed by atoms with Crippen LogP contribution >= 0.6 is 39.1 Å². The van der Waals surface area contributed by atoms with Crippen LogP contribution in [0.25, 0.3) is 0 Å². The van der Waals surface area contributed by atoms with Crippen LogP contribution in [0.3, 0.4) is 0 Å². The second-order valence-corrected chi connectivity index (χ2v) is 9.96. The first-order valence-corrected chi connectivity index (χ1v) is 13.1. The standard InChI is InChI=1S/C28H17BrCl2N4O6/c29-18-7-12-25(41-28(38)16-5-9-20(10-6-16)35(39)40)17(13-18)15-32-34-27(37)22-3-1-2-4-24(22)33-26(36)21-11-8-19(30)14-23(21)31/h1-15H,(H,33,36)(H,34,37)/b32-15-. The summed E-state index contributed by atoms with van der Waals surface area (Å²) in [7, 11) is 0. The summed E-state index contributed by atoms with van der Waals surface area (Å²) in [4.78, 5) is 48.5. The van der Waals surface area contributed by atoms with Crippen LogP contribution in [0, 0.1) is 10.1 Å². The predicted octanol–water partition coefficient (Wildman–Crippen LogP) is 6.90. The molecule has 206 valence electrons. The Morgan fingerprint density at radius 3 is 2.34 bits per heavy atom. The molecule has 0 heterocycles. The van der Waals surface area contributed by atoms with Crippen molar-refractivity contribution < 1.29 is 24.0 Å². The summed E-state index contributed by atoms with van der Waals surface area (Å²) in [6, 6.07) is 20.5. The van der Waals surface area contributed by atoms with Crippen molar-refractivity contribution in [2.45, 2.75) is 0 Å². The predicted molar refractivity (Wildman–Crippen MR) is 158 cm³/mol. The first kappa shape index (κ1) is 29.4. The molecule has 2 N–H and O–H groups in total. The average molecular weight is 656 g/mol. The van der Waals surface area contributed by atoms with Crippen LogP contribution in [0.2, 0.25) is 10.0 Å². The van der Waals surface area contributed by atoms with Gasteiger partial charge in [-0.25, -0.2) is 10.2 Å². The number of anilines is 1. The van der Waals surface area contributed by atoms with Crippen LogP contribution in [-0.4, -0.2) is 28.9 Å². The van der Waals surface area contributed by atoms with Crippen molar-refractivity contribution in [3.63, 3.8) is 0 Å². The lowest BCUT2D eigenvalue weighted by Gasteiger charge is -2.11. The van der Waals surface area contributed by atoms with E-state index in [9.17, 15) is 24.5 Å². The lowest BCUT2D eigenvalue weighted by Crippen LogP contribution is -2.21. The van der Waals surface area contributed by atoms with Crippen molar-refractivity contribution in [1.82, 2.24) is 5.43 Å². The zero-order valence-electron chi connectivity index (χ0n) is 20.6. The van der Waals surface area contributed by atoms with E-state index >= 15 is 0 Å². The minimum Gasteiger partial charge on any atom is -0.422 e. The second kappa shape index (κ2) is 13.2. The van der Waals surface area contributed by atoms with E-state index in [0.717, 1.165) is 0 Å². The molecule has 0 saturated heterocycles. The number of rotatable bonds is 8. The highest BCUT2D eigenvalue weighted by Gasteiger charge is 2.17. The number of hydrazone groups is 1. The van der Waals surface area contributed by atoms with E-state index in [4.69, 9.17) is 27.9 Å². The van der Waals surface area contributed by atoms with Gasteiger partial charge in [0.15, 0.2) is 0 Å². The Morgan fingerprint density at radius 2 is 1.63 bits per heavy atom. The summed E-state index contributed by atoms with van der Waals surface area (Å²) >= 11 is 15.4. The number of non-ortho nitro benzene ring substituents is 1. The summed E-state index contributed by atoms with van der Waals surface area (Å²) in [6.45, 7) is 0. The molecule has 0 saturated carbocycles. The SMILES string of the molecule is O=C(Oc1ccc(Br)cc1/C=N\NC(=O)c1ccccc1NC(=O)c1ccc(Cl)cc1Cl)c1ccc([N+](=O)[O-])cc1. The van der Waals surface area contributed by atoms with Gasteiger partial charge in [0.2, 0.25) is 0 Å². The molecular formula is C28H17BrCl2N4O6. The molecule has 0 unspecified atom stereocenters. The van der Waals surface area contributed by atoms with Gasteiger partial charge in [-0.3, -0.25) is 19.7 Å². The van der Waals surface area contributed by atoms with E-state index in [-0.39, 0.29) is 38.8 Å². The summed E-state index contributed by atoms with van der Waals surface area (Å²) in [5, 5.41) is 18.0. The van der Waals surface area contributed by atoms with Crippen molar-refractivity contribution in [3.05, 3.63) is 132 Å². The molecule has 13 heteroatoms. The Bertz CT molecular complexity index is 1700. The average Bonchev–Trinajstić information content (AvgIpc) is 2.94. The van der Waals surface area contributed by atoms with Crippen LogP contribution in [0.5, 0.6) is 5.75 Å². The fourth-order valence-electron chi connectivity index (χ4n) is 3.47. The molecule has 0 bridgehead atoms. The van der Waals surface area contributed by atoms with Crippen molar-refractivity contribution in [3.8, 4) is 5.75 Å². The third-order valence-electron chi connectivity index (χ3n) is 5.45. The van der Waals surface area contributed by atoms with Crippen molar-refractivity contribution in [1.29, 1.82) is 0 Å². The van der Waals surface area contributed by atoms with E-state index in [1.54, 1.807) is 30.3 Å². The molecule has 0 aliphatic heterocycles. The molecule has 0 aliphatic carbocycles. The highest BCUT2D eigenvalue weighted by Crippen LogP contribution is 2.25. The minimum absolute atomic E-state index is 0.105. The molecule has 41 heavy (non-hydrogen) atoms. The largest absolute Gasteiger partial charge is 0.422 e. The Kier molecular flexibility index (Phi) is 9.45. The minimum atomic E-state index is -0.744. The number of halogens is 3. The van der Waals surface area contributed by atoms with Crippen molar-refractivity contribution in [2.75, 3.05) is 5.32 Å². The molecule has 4 rings (SSSR count). The smallest absolute Gasteiger partial charge is 0.343 e. The van der Waals surface area contributed by atoms with E-state index < -0.39 is 22.7 Å². The Balaban J connectivity index is 1.47. The fourth-order valence-corrected chi connectivity index (χ4v) is 4.34. The Labute approximate surface area is 251 Å². The van der Waals surface area contributed by atoms with E-state index in [2.05, 4.69) is 31.8 Å². The number of carbonyl (C=O) groups is 3. The number of nitrogens with zero attached hydrogens (tertiary/aromatic N) is 2. The van der Waals surface area contributed by atoms with Gasteiger partial charge in [0.1, 0.15) is 5.75 Å². The lowest BCUT2D eigenvalue weighted by molar-refractivity contribution is -0.384. The molecule has 0 radical (unpaired) electrons. The van der Waals surface area contributed by atoms with Gasteiger partial charge < -0.3 is 10.1 Å². The monoisotopic (exact) mass is 654 g/mol. The fraction of sp³-hybridized carbons (Fsp3) is 0. The molecule has 0 atom stereocenters. The number of benzene rings is 4. The van der Waals surface area contributed by atoms with Crippen LogP contribution < -0.4 is 15.5 Å². The van der Waals surface area contributed by atoms with Gasteiger partial charge in [-0.15, -0.1) is 0 Å². The Hall–Kier alpha value is -4.58. The number of nitro groups is 1. The quantitative estimate of drug-likeness (QED) is 0.0696. The van der Waals surface area contributed by atoms with Crippen LogP contribution in [0.1, 0.15) is 36.6 Å². The number of para-hydroxylation sites is 1. The highest BCUT2D eigenvalue weighted by atomic mass is 79.9. The Morgan fingerprint density at radius 1 is 0.902 bits per heavy atom. The summed E-state index contributed by atoms with van der Waals surface area (Å²) in [6.07, 6.45) is 1.27. The van der Waals surface area contributed by atoms with Gasteiger partial charge in [0.05, 0.1) is 38.5 Å². The zero-order valence-corrected chi connectivity index (χ0v) is 23.7. The van der Waals surface area contributed by atoms with Gasteiger partial charge in [-0.2, -0.15) is 5.10 Å². The first-order chi connectivity index (χ1) is 19.6. The molecular weight excluding hydrogens is 639 g/mol. The second-order valence-electron chi connectivity index (χ2n) is 8.20. The van der Waals surface area contributed by atoms with Gasteiger partial charge in [-0.1, -0.05) is 51.3 Å². The molecule has 4 aromatic carbocycles. The highest BCUT2D eigenvalue weighted by molar-refractivity contribution is 9.10. The molecule has 0 aromatic heterocycles. The molecule has 0 fully saturated rings. The van der Waals surface area contributed by atoms with E-state index in [1.807, 2.05) is 0 Å². The maximum absolute atomic E-state index is 12.9. The van der Waals surface area contributed by atoms with Gasteiger partial charge in [0, 0.05) is 27.2 Å². The van der Waals surface area contributed by atoms with E-state index in [0.29, 0.717) is 15.1 Å². The molecule has 10 nitrogen and oxygen atoms in total. The third-order valence-corrected chi connectivity index (χ3v) is 6.49. The third kappa shape index (κ3) is 7.54. The van der Waals surface area contributed by atoms with Gasteiger partial charge in [0.25, 0.3) is 17.5 Å².